The van der Waals surface area contributed by atoms with Crippen LogP contribution in [0.3, 0.4) is 0 Å². The Morgan fingerprint density at radius 2 is 1.88 bits per heavy atom. The third-order valence-electron chi connectivity index (χ3n) is 5.41. The van der Waals surface area contributed by atoms with Crippen molar-refractivity contribution in [2.24, 2.45) is 0 Å². The molecular weight excluding hydrogens is 350 g/mol. The number of nitriles is 1. The number of ether oxygens (including phenoxy) is 1. The van der Waals surface area contributed by atoms with Gasteiger partial charge in [0, 0.05) is 18.6 Å². The molecule has 1 aromatic rings. The highest BCUT2D eigenvalue weighted by molar-refractivity contribution is 6.30. The highest BCUT2D eigenvalue weighted by Gasteiger charge is 2.40. The van der Waals surface area contributed by atoms with E-state index in [2.05, 4.69) is 6.07 Å². The lowest BCUT2D eigenvalue weighted by Crippen LogP contribution is -2.55. The molecule has 1 saturated carbocycles. The Labute approximate surface area is 161 Å². The Hall–Kier alpha value is -1.77. The minimum absolute atomic E-state index is 0.0116. The van der Waals surface area contributed by atoms with E-state index in [-0.39, 0.29) is 11.9 Å². The minimum Gasteiger partial charge on any atom is -0.492 e. The average molecular weight is 378 g/mol. The number of hydrogen-bond acceptors (Lipinski definition) is 4. The van der Waals surface area contributed by atoms with Crippen LogP contribution in [0.5, 0.6) is 5.75 Å². The van der Waals surface area contributed by atoms with E-state index in [1.165, 1.54) is 0 Å². The lowest BCUT2D eigenvalue weighted by Gasteiger charge is -2.41. The van der Waals surface area contributed by atoms with Crippen molar-refractivity contribution in [2.75, 3.05) is 27.2 Å². The van der Waals surface area contributed by atoms with Crippen LogP contribution in [0, 0.1) is 11.3 Å². The largest absolute Gasteiger partial charge is 0.492 e. The van der Waals surface area contributed by atoms with E-state index in [4.69, 9.17) is 16.3 Å². The van der Waals surface area contributed by atoms with Gasteiger partial charge in [0.05, 0.1) is 12.1 Å². The van der Waals surface area contributed by atoms with Gasteiger partial charge in [-0.05, 0) is 51.1 Å². The molecule has 0 unspecified atom stereocenters. The number of hydrogen-bond donors (Lipinski definition) is 0. The fourth-order valence-corrected chi connectivity index (χ4v) is 3.50. The van der Waals surface area contributed by atoms with Crippen LogP contribution in [0.2, 0.25) is 5.02 Å². The van der Waals surface area contributed by atoms with Crippen molar-refractivity contribution >= 4 is 17.5 Å². The van der Waals surface area contributed by atoms with Crippen LogP contribution in [-0.2, 0) is 4.79 Å². The summed E-state index contributed by atoms with van der Waals surface area (Å²) in [6.07, 6.45) is 4.68. The van der Waals surface area contributed by atoms with Crippen molar-refractivity contribution in [3.63, 3.8) is 0 Å². The Morgan fingerprint density at radius 3 is 2.46 bits per heavy atom. The fraction of sp³-hybridized carbons (Fsp3) is 0.600. The molecule has 0 saturated heterocycles. The highest BCUT2D eigenvalue weighted by atomic mass is 35.5. The topological polar surface area (TPSA) is 56.6 Å². The van der Waals surface area contributed by atoms with E-state index < -0.39 is 5.54 Å². The maximum absolute atomic E-state index is 12.9. The molecule has 142 valence electrons. The third-order valence-corrected chi connectivity index (χ3v) is 5.66. The van der Waals surface area contributed by atoms with Crippen molar-refractivity contribution in [1.29, 1.82) is 5.26 Å². The minimum atomic E-state index is -0.649. The molecule has 1 fully saturated rings. The summed E-state index contributed by atoms with van der Waals surface area (Å²) in [5.41, 5.74) is -0.649. The molecule has 1 amide bonds. The zero-order valence-corrected chi connectivity index (χ0v) is 16.6. The number of nitrogens with zero attached hydrogens (tertiary/aromatic N) is 3. The fourth-order valence-electron chi connectivity index (χ4n) is 3.37. The Morgan fingerprint density at radius 1 is 1.27 bits per heavy atom. The standard InChI is InChI=1S/C20H28ClN3O2/c1-16(19(25)24(3)20(15-22)11-5-4-6-12-20)23(2)13-14-26-18-9-7-17(21)8-10-18/h7-10,16H,4-6,11-14H2,1-3H3/t16-/m1/s1. The zero-order chi connectivity index (χ0) is 19.2. The SMILES string of the molecule is C[C@H](C(=O)N(C)C1(C#N)CCCCC1)N(C)CCOc1ccc(Cl)cc1. The van der Waals surface area contributed by atoms with Gasteiger partial charge in [-0.15, -0.1) is 0 Å². The first-order chi connectivity index (χ1) is 12.4. The van der Waals surface area contributed by atoms with E-state index in [9.17, 15) is 10.1 Å². The second-order valence-corrected chi connectivity index (χ2v) is 7.50. The first-order valence-corrected chi connectivity index (χ1v) is 9.55. The van der Waals surface area contributed by atoms with Gasteiger partial charge >= 0.3 is 0 Å². The number of carbonyl (C=O) groups excluding carboxylic acids is 1. The Balaban J connectivity index is 1.87. The summed E-state index contributed by atoms with van der Waals surface area (Å²) in [6.45, 7) is 2.97. The molecular formula is C20H28ClN3O2. The maximum atomic E-state index is 12.9. The molecule has 0 bridgehead atoms. The van der Waals surface area contributed by atoms with Crippen LogP contribution >= 0.6 is 11.6 Å². The quantitative estimate of drug-likeness (QED) is 0.726. The van der Waals surface area contributed by atoms with Crippen molar-refractivity contribution < 1.29 is 9.53 Å². The first kappa shape index (κ1) is 20.5. The summed E-state index contributed by atoms with van der Waals surface area (Å²) in [4.78, 5) is 16.5. The van der Waals surface area contributed by atoms with Crippen molar-refractivity contribution in [3.8, 4) is 11.8 Å². The number of benzene rings is 1. The lowest BCUT2D eigenvalue weighted by molar-refractivity contribution is -0.139. The zero-order valence-electron chi connectivity index (χ0n) is 15.9. The van der Waals surface area contributed by atoms with E-state index >= 15 is 0 Å². The predicted molar refractivity (Wildman–Crippen MR) is 103 cm³/mol. The van der Waals surface area contributed by atoms with Crippen molar-refractivity contribution in [3.05, 3.63) is 29.3 Å². The van der Waals surface area contributed by atoms with Crippen molar-refractivity contribution in [2.45, 2.75) is 50.6 Å². The molecule has 0 heterocycles. The molecule has 1 aliphatic rings. The smallest absolute Gasteiger partial charge is 0.240 e. The second-order valence-electron chi connectivity index (χ2n) is 7.06. The highest BCUT2D eigenvalue weighted by Crippen LogP contribution is 2.33. The summed E-state index contributed by atoms with van der Waals surface area (Å²) in [5, 5.41) is 10.4. The van der Waals surface area contributed by atoms with Gasteiger partial charge < -0.3 is 9.64 Å². The predicted octanol–water partition coefficient (Wildman–Crippen LogP) is 3.72. The summed E-state index contributed by atoms with van der Waals surface area (Å²) in [5.74, 6) is 0.743. The van der Waals surface area contributed by atoms with Gasteiger partial charge in [-0.3, -0.25) is 9.69 Å². The molecule has 1 aromatic carbocycles. The summed E-state index contributed by atoms with van der Waals surface area (Å²) < 4.78 is 5.70. The van der Waals surface area contributed by atoms with Crippen molar-refractivity contribution in [1.82, 2.24) is 9.80 Å². The number of likely N-dealkylation sites (N-methyl/N-ethyl adjacent to an activating group) is 2. The normalized spacial score (nSPS) is 17.4. The van der Waals surface area contributed by atoms with Crippen LogP contribution < -0.4 is 4.74 Å². The van der Waals surface area contributed by atoms with Gasteiger partial charge in [0.2, 0.25) is 5.91 Å². The summed E-state index contributed by atoms with van der Waals surface area (Å²) in [7, 11) is 3.67. The Bertz CT molecular complexity index is 635. The molecule has 2 rings (SSSR count). The van der Waals surface area contributed by atoms with Gasteiger partial charge in [0.15, 0.2) is 0 Å². The van der Waals surface area contributed by atoms with E-state index in [0.717, 1.165) is 37.9 Å². The number of halogens is 1. The molecule has 5 nitrogen and oxygen atoms in total. The van der Waals surface area contributed by atoms with E-state index in [0.29, 0.717) is 18.2 Å². The third kappa shape index (κ3) is 4.90. The monoisotopic (exact) mass is 377 g/mol. The molecule has 6 heteroatoms. The van der Waals surface area contributed by atoms with Crippen LogP contribution in [0.15, 0.2) is 24.3 Å². The molecule has 0 N–H and O–H groups in total. The van der Waals surface area contributed by atoms with Gasteiger partial charge in [-0.1, -0.05) is 30.9 Å². The van der Waals surface area contributed by atoms with Gasteiger partial charge in [-0.25, -0.2) is 0 Å². The Kier molecular flexibility index (Phi) is 7.31. The number of carbonyl (C=O) groups is 1. The molecule has 1 aliphatic carbocycles. The molecule has 26 heavy (non-hydrogen) atoms. The second kappa shape index (κ2) is 9.25. The van der Waals surface area contributed by atoms with Crippen LogP contribution in [0.25, 0.3) is 0 Å². The molecule has 0 aliphatic heterocycles. The van der Waals surface area contributed by atoms with Gasteiger partial charge in [-0.2, -0.15) is 5.26 Å². The first-order valence-electron chi connectivity index (χ1n) is 9.17. The lowest BCUT2D eigenvalue weighted by atomic mass is 9.81. The van der Waals surface area contributed by atoms with Crippen LogP contribution in [-0.4, -0.2) is 54.5 Å². The summed E-state index contributed by atoms with van der Waals surface area (Å²) in [6, 6.07) is 9.33. The molecule has 0 radical (unpaired) electrons. The van der Waals surface area contributed by atoms with Crippen LogP contribution in [0.1, 0.15) is 39.0 Å². The van der Waals surface area contributed by atoms with E-state index in [1.807, 2.05) is 31.0 Å². The molecule has 1 atom stereocenters. The van der Waals surface area contributed by atoms with Gasteiger partial charge in [0.1, 0.15) is 17.9 Å². The average Bonchev–Trinajstić information content (AvgIpc) is 2.68. The van der Waals surface area contributed by atoms with E-state index in [1.54, 1.807) is 24.1 Å². The maximum Gasteiger partial charge on any atom is 0.240 e. The molecule has 0 spiro atoms. The van der Waals surface area contributed by atoms with Gasteiger partial charge in [0.25, 0.3) is 0 Å². The number of rotatable bonds is 7. The number of amides is 1. The van der Waals surface area contributed by atoms with Crippen LogP contribution in [0.4, 0.5) is 0 Å². The summed E-state index contributed by atoms with van der Waals surface area (Å²) >= 11 is 5.86. The molecule has 0 aromatic heterocycles.